The smallest absolute Gasteiger partial charge is 0.343 e. The normalized spacial score (nSPS) is 15.7. The summed E-state index contributed by atoms with van der Waals surface area (Å²) in [5.41, 5.74) is 11.6. The first kappa shape index (κ1) is 30.0. The number of carbonyl (C=O) groups is 2. The molecule has 3 aromatic rings. The lowest BCUT2D eigenvalue weighted by atomic mass is 9.87. The third-order valence-corrected chi connectivity index (χ3v) is 8.28. The molecule has 0 amide bonds. The number of rotatable bonds is 14. The summed E-state index contributed by atoms with van der Waals surface area (Å²) < 4.78 is 35.0. The molecule has 1 aromatic carbocycles. The maximum absolute atomic E-state index is 13.1. The van der Waals surface area contributed by atoms with Crippen LogP contribution in [-0.4, -0.2) is 52.0 Å². The Kier molecular flexibility index (Phi) is 8.95. The number of carbonyl (C=O) groups excluding carboxylic acids is 1. The van der Waals surface area contributed by atoms with Gasteiger partial charge in [-0.15, -0.1) is 0 Å². The van der Waals surface area contributed by atoms with Gasteiger partial charge >= 0.3 is 11.6 Å². The summed E-state index contributed by atoms with van der Waals surface area (Å²) in [6, 6.07) is 5.88. The van der Waals surface area contributed by atoms with Crippen LogP contribution in [0.3, 0.4) is 0 Å². The Morgan fingerprint density at radius 1 is 1.20 bits per heavy atom. The number of sulfonamides is 1. The quantitative estimate of drug-likeness (QED) is 0.181. The highest BCUT2D eigenvalue weighted by atomic mass is 32.2. The van der Waals surface area contributed by atoms with Gasteiger partial charge < -0.3 is 30.7 Å². The summed E-state index contributed by atoms with van der Waals surface area (Å²) in [5.74, 6) is -2.15. The van der Waals surface area contributed by atoms with Crippen molar-refractivity contribution in [2.45, 2.75) is 61.6 Å². The minimum atomic E-state index is -3.94. The van der Waals surface area contributed by atoms with Crippen molar-refractivity contribution >= 4 is 27.5 Å². The topological polar surface area (TPSA) is 221 Å². The molecule has 14 heteroatoms. The molecule has 1 fully saturated rings. The molecular formula is C27H33N5O8S. The zero-order valence-electron chi connectivity index (χ0n) is 22.4. The number of Topliss-reactive ketones (excluding diaryl/α,β-unsaturated/α-hetero) is 1. The van der Waals surface area contributed by atoms with Crippen LogP contribution in [-0.2, 0) is 33.1 Å². The Labute approximate surface area is 236 Å². The fourth-order valence-corrected chi connectivity index (χ4v) is 5.68. The minimum Gasteiger partial charge on any atom is -0.507 e. The Morgan fingerprint density at radius 3 is 2.54 bits per heavy atom. The molecule has 13 nitrogen and oxygen atoms in total. The first-order valence-corrected chi connectivity index (χ1v) is 14.6. The van der Waals surface area contributed by atoms with Gasteiger partial charge in [0, 0.05) is 43.8 Å². The zero-order valence-corrected chi connectivity index (χ0v) is 23.2. The van der Waals surface area contributed by atoms with Crippen LogP contribution in [0.1, 0.15) is 54.9 Å². The number of imidazole rings is 1. The van der Waals surface area contributed by atoms with Crippen LogP contribution < -0.4 is 21.8 Å². The molecule has 7 N–H and O–H groups in total. The fourth-order valence-electron chi connectivity index (χ4n) is 4.65. The SMILES string of the molecule is Cn1cnc(S(=O)(=O)Nc2cccc(C(c3c(O)cc(CCC(N)C(=O)CC[C@H](N)C(=O)O)oc3=O)C3CC3)c2)c1. The number of hydrogen-bond acceptors (Lipinski definition) is 10. The summed E-state index contributed by atoms with van der Waals surface area (Å²) in [4.78, 5) is 40.1. The molecule has 1 aliphatic carbocycles. The van der Waals surface area contributed by atoms with E-state index in [1.807, 2.05) is 0 Å². The van der Waals surface area contributed by atoms with Crippen LogP contribution >= 0.6 is 0 Å². The molecule has 2 aromatic heterocycles. The molecule has 3 atom stereocenters. The molecule has 1 saturated carbocycles. The monoisotopic (exact) mass is 587 g/mol. The van der Waals surface area contributed by atoms with Crippen molar-refractivity contribution in [2.75, 3.05) is 4.72 Å². The second-order valence-corrected chi connectivity index (χ2v) is 11.9. The molecule has 220 valence electrons. The molecule has 0 radical (unpaired) electrons. The average Bonchev–Trinajstić information content (AvgIpc) is 3.65. The number of hydrogen-bond donors (Lipinski definition) is 5. The number of anilines is 1. The molecule has 0 bridgehead atoms. The molecule has 0 saturated heterocycles. The van der Waals surface area contributed by atoms with Gasteiger partial charge in [-0.25, -0.2) is 9.78 Å². The number of aryl methyl sites for hydroxylation is 2. The van der Waals surface area contributed by atoms with E-state index in [-0.39, 0.29) is 65.2 Å². The van der Waals surface area contributed by atoms with Crippen LogP contribution in [0.15, 0.2) is 57.1 Å². The van der Waals surface area contributed by atoms with Gasteiger partial charge in [0.1, 0.15) is 23.3 Å². The van der Waals surface area contributed by atoms with E-state index in [0.29, 0.717) is 5.56 Å². The molecule has 1 aliphatic rings. The fraction of sp³-hybridized carbons (Fsp3) is 0.407. The van der Waals surface area contributed by atoms with Crippen LogP contribution in [0.25, 0.3) is 0 Å². The average molecular weight is 588 g/mol. The molecule has 4 rings (SSSR count). The Bertz CT molecular complexity index is 1590. The van der Waals surface area contributed by atoms with Crippen LogP contribution in [0.4, 0.5) is 5.69 Å². The van der Waals surface area contributed by atoms with E-state index in [1.165, 1.54) is 23.2 Å². The number of nitrogens with zero attached hydrogens (tertiary/aromatic N) is 2. The summed E-state index contributed by atoms with van der Waals surface area (Å²) in [7, 11) is -2.28. The van der Waals surface area contributed by atoms with Gasteiger partial charge in [0.15, 0.2) is 5.03 Å². The number of aliphatic carboxylic acids is 1. The van der Waals surface area contributed by atoms with E-state index in [9.17, 15) is 27.9 Å². The van der Waals surface area contributed by atoms with Gasteiger partial charge in [0.2, 0.25) is 0 Å². The molecule has 41 heavy (non-hydrogen) atoms. The number of nitrogens with two attached hydrogens (primary N) is 2. The van der Waals surface area contributed by atoms with Crippen molar-refractivity contribution in [3.05, 3.63) is 70.2 Å². The van der Waals surface area contributed by atoms with Gasteiger partial charge in [-0.1, -0.05) is 12.1 Å². The summed E-state index contributed by atoms with van der Waals surface area (Å²) in [5, 5.41) is 19.6. The first-order valence-electron chi connectivity index (χ1n) is 13.1. The van der Waals surface area contributed by atoms with E-state index in [1.54, 1.807) is 31.3 Å². The van der Waals surface area contributed by atoms with Gasteiger partial charge in [-0.2, -0.15) is 8.42 Å². The van der Waals surface area contributed by atoms with Crippen molar-refractivity contribution < 1.29 is 32.6 Å². The lowest BCUT2D eigenvalue weighted by molar-refractivity contribution is -0.138. The van der Waals surface area contributed by atoms with Gasteiger partial charge in [0.05, 0.1) is 17.9 Å². The lowest BCUT2D eigenvalue weighted by Crippen LogP contribution is -2.35. The number of carboxylic acid groups (broad SMARTS) is 1. The highest BCUT2D eigenvalue weighted by molar-refractivity contribution is 7.92. The van der Waals surface area contributed by atoms with Crippen LogP contribution in [0, 0.1) is 5.92 Å². The predicted molar refractivity (Wildman–Crippen MR) is 148 cm³/mol. The zero-order chi connectivity index (χ0) is 29.9. The predicted octanol–water partition coefficient (Wildman–Crippen LogP) is 1.44. The number of aromatic nitrogens is 2. The second-order valence-electron chi connectivity index (χ2n) is 10.3. The Balaban J connectivity index is 1.50. The lowest BCUT2D eigenvalue weighted by Gasteiger charge is -2.19. The maximum Gasteiger partial charge on any atom is 0.343 e. The largest absolute Gasteiger partial charge is 0.507 e. The molecular weight excluding hydrogens is 554 g/mol. The second kappa shape index (κ2) is 12.2. The Hall–Kier alpha value is -4.01. The highest BCUT2D eigenvalue weighted by Crippen LogP contribution is 2.48. The van der Waals surface area contributed by atoms with Crippen LogP contribution in [0.5, 0.6) is 5.75 Å². The van der Waals surface area contributed by atoms with Gasteiger partial charge in [-0.05, 0) is 49.3 Å². The molecule has 2 unspecified atom stereocenters. The summed E-state index contributed by atoms with van der Waals surface area (Å²) >= 11 is 0. The van der Waals surface area contributed by atoms with Crippen molar-refractivity contribution in [1.82, 2.24) is 9.55 Å². The van der Waals surface area contributed by atoms with E-state index in [0.717, 1.165) is 12.8 Å². The number of benzene rings is 1. The summed E-state index contributed by atoms with van der Waals surface area (Å²) in [6.45, 7) is 0. The first-order chi connectivity index (χ1) is 19.4. The van der Waals surface area contributed by atoms with E-state index in [4.69, 9.17) is 21.0 Å². The third kappa shape index (κ3) is 7.39. The standard InChI is InChI=1S/C27H33N5O8S/c1-32-13-23(30-14-32)41(38,39)31-17-4-2-3-16(11-17)24(15-5-6-15)25-22(34)12-18(40-27(25)37)7-8-19(28)21(33)10-9-20(29)26(35)36/h2-4,11-15,19-20,24,31,34H,5-10,28-29H2,1H3,(H,35,36)/t19?,20-,24?/m0/s1. The molecule has 2 heterocycles. The number of ketones is 1. The van der Waals surface area contributed by atoms with E-state index < -0.39 is 39.6 Å². The number of carboxylic acids is 1. The molecule has 0 spiro atoms. The number of nitrogens with one attached hydrogen (secondary N) is 1. The van der Waals surface area contributed by atoms with Crippen LogP contribution in [0.2, 0.25) is 0 Å². The van der Waals surface area contributed by atoms with Gasteiger partial charge in [0.25, 0.3) is 10.0 Å². The van der Waals surface area contributed by atoms with Crippen molar-refractivity contribution in [2.24, 2.45) is 24.4 Å². The molecule has 0 aliphatic heterocycles. The van der Waals surface area contributed by atoms with E-state index >= 15 is 0 Å². The third-order valence-electron chi connectivity index (χ3n) is 7.01. The van der Waals surface area contributed by atoms with E-state index in [2.05, 4.69) is 9.71 Å². The summed E-state index contributed by atoms with van der Waals surface area (Å²) in [6.07, 6.45) is 4.47. The minimum absolute atomic E-state index is 0.0409. The number of aromatic hydroxyl groups is 1. The van der Waals surface area contributed by atoms with Crippen molar-refractivity contribution in [1.29, 1.82) is 0 Å². The maximum atomic E-state index is 13.1. The van der Waals surface area contributed by atoms with Gasteiger partial charge in [-0.3, -0.25) is 14.3 Å². The van der Waals surface area contributed by atoms with Crippen molar-refractivity contribution in [3.63, 3.8) is 0 Å². The highest BCUT2D eigenvalue weighted by Gasteiger charge is 2.37. The Morgan fingerprint density at radius 2 is 1.93 bits per heavy atom. The van der Waals surface area contributed by atoms with Crippen molar-refractivity contribution in [3.8, 4) is 5.75 Å².